The van der Waals surface area contributed by atoms with Gasteiger partial charge in [-0.25, -0.2) is 4.98 Å². The summed E-state index contributed by atoms with van der Waals surface area (Å²) in [5, 5.41) is 2.92. The van der Waals surface area contributed by atoms with Gasteiger partial charge in [0.1, 0.15) is 11.8 Å². The molecule has 0 radical (unpaired) electrons. The zero-order valence-corrected chi connectivity index (χ0v) is 13.4. The van der Waals surface area contributed by atoms with E-state index in [1.807, 2.05) is 20.8 Å². The van der Waals surface area contributed by atoms with Crippen molar-refractivity contribution >= 4 is 29.3 Å². The lowest BCUT2D eigenvalue weighted by molar-refractivity contribution is -0.122. The predicted molar refractivity (Wildman–Crippen MR) is 81.8 cm³/mol. The molecule has 0 aromatic carbocycles. The summed E-state index contributed by atoms with van der Waals surface area (Å²) in [5.74, 6) is 0.406. The van der Waals surface area contributed by atoms with Gasteiger partial charge in [0.25, 0.3) is 0 Å². The number of carbonyl (C=O) groups is 1. The van der Waals surface area contributed by atoms with Crippen molar-refractivity contribution < 1.29 is 9.53 Å². The number of hydrogen-bond acceptors (Lipinski definition) is 5. The Kier molecular flexibility index (Phi) is 4.26. The molecule has 0 atom stereocenters. The number of aromatic amines is 1. The maximum atomic E-state index is 11.9. The second-order valence-corrected chi connectivity index (χ2v) is 6.10. The number of carbonyl (C=O) groups excluding carboxylic acids is 1. The summed E-state index contributed by atoms with van der Waals surface area (Å²) >= 11 is 5.27. The van der Waals surface area contributed by atoms with Crippen LogP contribution in [0.1, 0.15) is 27.2 Å². The van der Waals surface area contributed by atoms with Gasteiger partial charge in [-0.05, 0) is 33.0 Å². The van der Waals surface area contributed by atoms with Gasteiger partial charge in [0.15, 0.2) is 10.4 Å². The third kappa shape index (κ3) is 3.57. The van der Waals surface area contributed by atoms with E-state index in [1.54, 1.807) is 4.57 Å². The Morgan fingerprint density at radius 3 is 2.81 bits per heavy atom. The van der Waals surface area contributed by atoms with Gasteiger partial charge in [-0.3, -0.25) is 4.79 Å². The van der Waals surface area contributed by atoms with Crippen molar-refractivity contribution in [2.75, 3.05) is 7.11 Å². The van der Waals surface area contributed by atoms with Gasteiger partial charge in [-0.15, -0.1) is 0 Å². The average Bonchev–Trinajstić information content (AvgIpc) is 2.69. The molecule has 2 heterocycles. The van der Waals surface area contributed by atoms with Gasteiger partial charge in [-0.2, -0.15) is 4.98 Å². The number of aromatic nitrogens is 4. The molecule has 0 spiro atoms. The number of rotatable bonds is 4. The van der Waals surface area contributed by atoms with Crippen LogP contribution in [0.4, 0.5) is 0 Å². The summed E-state index contributed by atoms with van der Waals surface area (Å²) in [7, 11) is 1.53. The molecule has 1 amide bonds. The van der Waals surface area contributed by atoms with E-state index in [4.69, 9.17) is 17.0 Å². The van der Waals surface area contributed by atoms with Gasteiger partial charge in [0.2, 0.25) is 11.8 Å². The maximum absolute atomic E-state index is 11.9. The van der Waals surface area contributed by atoms with Crippen LogP contribution in [0.5, 0.6) is 5.88 Å². The summed E-state index contributed by atoms with van der Waals surface area (Å²) < 4.78 is 7.43. The fourth-order valence-corrected chi connectivity index (χ4v) is 2.28. The predicted octanol–water partition coefficient (Wildman–Crippen LogP) is 1.80. The molecule has 2 aromatic rings. The first kappa shape index (κ1) is 15.4. The first-order chi connectivity index (χ1) is 9.81. The molecule has 0 saturated heterocycles. The Morgan fingerprint density at radius 2 is 2.19 bits per heavy atom. The Bertz CT molecular complexity index is 713. The van der Waals surface area contributed by atoms with Crippen molar-refractivity contribution in [3.05, 3.63) is 11.1 Å². The molecule has 2 aromatic heterocycles. The third-order valence-electron chi connectivity index (χ3n) is 2.80. The second kappa shape index (κ2) is 5.80. The average molecular weight is 309 g/mol. The summed E-state index contributed by atoms with van der Waals surface area (Å²) in [6.07, 6.45) is 1.74. The molecule has 0 fully saturated rings. The Labute approximate surface area is 127 Å². The Morgan fingerprint density at radius 1 is 1.48 bits per heavy atom. The number of nitrogens with one attached hydrogen (secondary N) is 2. The standard InChI is InChI=1S/C13H19N5O2S/c1-13(2,3)17-8(19)5-6-18-10-9(16-12(18)21)11(20-4)15-7-14-10/h7H,5-6H2,1-4H3,(H,16,21)(H,17,19). The normalized spacial score (nSPS) is 11.6. The van der Waals surface area contributed by atoms with Crippen molar-refractivity contribution in [2.45, 2.75) is 39.3 Å². The van der Waals surface area contributed by atoms with Crippen molar-refractivity contribution in [3.63, 3.8) is 0 Å². The molecule has 8 heteroatoms. The van der Waals surface area contributed by atoms with E-state index in [9.17, 15) is 4.79 Å². The molecule has 0 saturated carbocycles. The Hall–Kier alpha value is -1.96. The monoisotopic (exact) mass is 309 g/mol. The lowest BCUT2D eigenvalue weighted by Gasteiger charge is -2.20. The maximum Gasteiger partial charge on any atom is 0.242 e. The highest BCUT2D eigenvalue weighted by atomic mass is 32.1. The second-order valence-electron chi connectivity index (χ2n) is 5.71. The van der Waals surface area contributed by atoms with Gasteiger partial charge in [-0.1, -0.05) is 0 Å². The van der Waals surface area contributed by atoms with Crippen LogP contribution in [0.25, 0.3) is 11.2 Å². The zero-order chi connectivity index (χ0) is 15.6. The third-order valence-corrected chi connectivity index (χ3v) is 3.12. The number of fused-ring (bicyclic) bond motifs is 1. The van der Waals surface area contributed by atoms with E-state index in [-0.39, 0.29) is 11.4 Å². The SMILES string of the molecule is COc1ncnc2c1[nH]c(=S)n2CCC(=O)NC(C)(C)C. The number of H-pyrrole nitrogens is 1. The first-order valence-electron chi connectivity index (χ1n) is 6.60. The van der Waals surface area contributed by atoms with Crippen molar-refractivity contribution in [1.82, 2.24) is 24.8 Å². The van der Waals surface area contributed by atoms with Crippen LogP contribution in [-0.2, 0) is 11.3 Å². The van der Waals surface area contributed by atoms with E-state index in [0.29, 0.717) is 34.8 Å². The largest absolute Gasteiger partial charge is 0.479 e. The molecule has 2 rings (SSSR count). The van der Waals surface area contributed by atoms with Crippen LogP contribution in [0.2, 0.25) is 0 Å². The molecular weight excluding hydrogens is 290 g/mol. The van der Waals surface area contributed by atoms with E-state index >= 15 is 0 Å². The summed E-state index contributed by atoms with van der Waals surface area (Å²) in [6.45, 7) is 6.28. The minimum atomic E-state index is -0.246. The van der Waals surface area contributed by atoms with E-state index in [2.05, 4.69) is 20.3 Å². The van der Waals surface area contributed by atoms with Gasteiger partial charge in [0, 0.05) is 18.5 Å². The van der Waals surface area contributed by atoms with E-state index in [1.165, 1.54) is 13.4 Å². The number of hydrogen-bond donors (Lipinski definition) is 2. The van der Waals surface area contributed by atoms with E-state index in [0.717, 1.165) is 0 Å². The number of ether oxygens (including phenoxy) is 1. The Balaban J connectivity index is 2.22. The highest BCUT2D eigenvalue weighted by Gasteiger charge is 2.15. The van der Waals surface area contributed by atoms with Gasteiger partial charge < -0.3 is 19.6 Å². The van der Waals surface area contributed by atoms with Gasteiger partial charge >= 0.3 is 0 Å². The molecular formula is C13H19N5O2S. The van der Waals surface area contributed by atoms with Crippen LogP contribution in [0.3, 0.4) is 0 Å². The molecule has 0 bridgehead atoms. The van der Waals surface area contributed by atoms with Crippen LogP contribution in [0.15, 0.2) is 6.33 Å². The minimum absolute atomic E-state index is 0.0280. The zero-order valence-electron chi connectivity index (χ0n) is 12.6. The lowest BCUT2D eigenvalue weighted by Crippen LogP contribution is -2.40. The fourth-order valence-electron chi connectivity index (χ4n) is 2.00. The molecule has 2 N–H and O–H groups in total. The summed E-state index contributed by atoms with van der Waals surface area (Å²) in [5.41, 5.74) is 1.03. The molecule has 7 nitrogen and oxygen atoms in total. The quantitative estimate of drug-likeness (QED) is 0.841. The van der Waals surface area contributed by atoms with Crippen LogP contribution in [-0.4, -0.2) is 38.1 Å². The lowest BCUT2D eigenvalue weighted by atomic mass is 10.1. The molecule has 0 aliphatic rings. The molecule has 114 valence electrons. The first-order valence-corrected chi connectivity index (χ1v) is 7.01. The van der Waals surface area contributed by atoms with Crippen LogP contribution < -0.4 is 10.1 Å². The van der Waals surface area contributed by atoms with Crippen molar-refractivity contribution in [2.24, 2.45) is 0 Å². The smallest absolute Gasteiger partial charge is 0.242 e. The molecule has 0 aliphatic heterocycles. The van der Waals surface area contributed by atoms with Gasteiger partial charge in [0.05, 0.1) is 7.11 Å². The highest BCUT2D eigenvalue weighted by Crippen LogP contribution is 2.20. The van der Waals surface area contributed by atoms with Crippen LogP contribution in [0, 0.1) is 4.77 Å². The summed E-state index contributed by atoms with van der Waals surface area (Å²) in [6, 6.07) is 0. The minimum Gasteiger partial charge on any atom is -0.479 e. The number of methoxy groups -OCH3 is 1. The number of aryl methyl sites for hydroxylation is 1. The van der Waals surface area contributed by atoms with Crippen molar-refractivity contribution in [1.29, 1.82) is 0 Å². The number of imidazole rings is 1. The van der Waals surface area contributed by atoms with Crippen molar-refractivity contribution in [3.8, 4) is 5.88 Å². The molecule has 21 heavy (non-hydrogen) atoms. The highest BCUT2D eigenvalue weighted by molar-refractivity contribution is 7.71. The molecule has 0 unspecified atom stereocenters. The van der Waals surface area contributed by atoms with E-state index < -0.39 is 0 Å². The summed E-state index contributed by atoms with van der Waals surface area (Å²) in [4.78, 5) is 23.1. The topological polar surface area (TPSA) is 84.8 Å². The number of nitrogens with zero attached hydrogens (tertiary/aromatic N) is 3. The molecule has 0 aliphatic carbocycles. The van der Waals surface area contributed by atoms with Crippen LogP contribution >= 0.6 is 12.2 Å². The fraction of sp³-hybridized carbons (Fsp3) is 0.538. The number of amides is 1.